The molecule has 2 aliphatic rings. The molecule has 0 aromatic heterocycles. The third-order valence-corrected chi connectivity index (χ3v) is 6.64. The molecule has 4 heteroatoms. The summed E-state index contributed by atoms with van der Waals surface area (Å²) in [7, 11) is 0. The van der Waals surface area contributed by atoms with E-state index in [1.165, 1.54) is 4.46 Å². The first-order valence-corrected chi connectivity index (χ1v) is 7.64. The van der Waals surface area contributed by atoms with E-state index in [0.717, 1.165) is 6.42 Å². The number of rotatable bonds is 3. The van der Waals surface area contributed by atoms with Crippen LogP contribution in [0.4, 0.5) is 0 Å². The van der Waals surface area contributed by atoms with Gasteiger partial charge >= 0.3 is 106 Å². The Hall–Kier alpha value is -1.12. The van der Waals surface area contributed by atoms with Crippen molar-refractivity contribution in [1.82, 2.24) is 0 Å². The number of hydrogen-bond donors (Lipinski definition) is 0. The van der Waals surface area contributed by atoms with Crippen molar-refractivity contribution in [3.8, 4) is 0 Å². The normalized spacial score (nSPS) is 34.1. The molecule has 0 heterocycles. The van der Waals surface area contributed by atoms with Gasteiger partial charge in [-0.25, -0.2) is 0 Å². The van der Waals surface area contributed by atoms with E-state index in [0.29, 0.717) is 5.92 Å². The molecular formula is C13H13NO2Se. The predicted octanol–water partition coefficient (Wildman–Crippen LogP) is 1.66. The van der Waals surface area contributed by atoms with Crippen molar-refractivity contribution in [2.24, 2.45) is 11.8 Å². The summed E-state index contributed by atoms with van der Waals surface area (Å²) in [6.07, 6.45) is 5.24. The van der Waals surface area contributed by atoms with E-state index < -0.39 is 0 Å². The van der Waals surface area contributed by atoms with Crippen LogP contribution in [0.1, 0.15) is 6.42 Å². The zero-order valence-corrected chi connectivity index (χ0v) is 10.9. The van der Waals surface area contributed by atoms with Crippen molar-refractivity contribution >= 4 is 19.4 Å². The summed E-state index contributed by atoms with van der Waals surface area (Å²) in [4.78, 5) is 11.4. The van der Waals surface area contributed by atoms with Gasteiger partial charge in [-0.05, 0) is 0 Å². The van der Waals surface area contributed by atoms with Gasteiger partial charge in [0.25, 0.3) is 0 Å². The Morgan fingerprint density at radius 1 is 1.18 bits per heavy atom. The monoisotopic (exact) mass is 295 g/mol. The van der Waals surface area contributed by atoms with E-state index in [1.54, 1.807) is 0 Å². The summed E-state index contributed by atoms with van der Waals surface area (Å²) < 4.78 is 1.28. The molecule has 88 valence electrons. The Balaban J connectivity index is 1.83. The summed E-state index contributed by atoms with van der Waals surface area (Å²) in [5.74, 6) is 0.626. The molecular weight excluding hydrogens is 281 g/mol. The van der Waals surface area contributed by atoms with E-state index >= 15 is 0 Å². The molecule has 3 rings (SSSR count). The summed E-state index contributed by atoms with van der Waals surface area (Å²) in [5, 5.41) is 11.2. The van der Waals surface area contributed by atoms with Crippen LogP contribution in [0, 0.1) is 22.0 Å². The van der Waals surface area contributed by atoms with Crippen molar-refractivity contribution in [2.45, 2.75) is 17.3 Å². The molecule has 2 bridgehead atoms. The van der Waals surface area contributed by atoms with Crippen LogP contribution in [0.2, 0.25) is 4.82 Å². The molecule has 0 radical (unpaired) electrons. The molecule has 3 nitrogen and oxygen atoms in total. The molecule has 1 fully saturated rings. The molecule has 0 amide bonds. The van der Waals surface area contributed by atoms with E-state index in [-0.39, 0.29) is 36.7 Å². The Morgan fingerprint density at radius 2 is 1.88 bits per heavy atom. The van der Waals surface area contributed by atoms with Gasteiger partial charge in [0.05, 0.1) is 0 Å². The van der Waals surface area contributed by atoms with E-state index in [9.17, 15) is 10.1 Å². The Kier molecular flexibility index (Phi) is 2.77. The van der Waals surface area contributed by atoms with Crippen molar-refractivity contribution in [3.63, 3.8) is 0 Å². The standard InChI is InChI=1S/C13H13NO2Se/c15-14(16)12-9-6-7-10(8-9)13(12)17-11-4-2-1-3-5-11/h1-7,9-10,12-13H,8H2/t9-,10+,12+,13+/m1/s1. The number of allylic oxidation sites excluding steroid dienone is 1. The van der Waals surface area contributed by atoms with E-state index in [4.69, 9.17) is 0 Å². The van der Waals surface area contributed by atoms with Crippen molar-refractivity contribution < 1.29 is 4.92 Å². The number of benzene rings is 1. The van der Waals surface area contributed by atoms with Gasteiger partial charge in [0.2, 0.25) is 0 Å². The summed E-state index contributed by atoms with van der Waals surface area (Å²) in [6, 6.07) is 9.86. The van der Waals surface area contributed by atoms with Crippen LogP contribution in [0.15, 0.2) is 42.5 Å². The fourth-order valence-corrected chi connectivity index (χ4v) is 5.87. The number of hydrogen-bond acceptors (Lipinski definition) is 2. The molecule has 1 saturated carbocycles. The van der Waals surface area contributed by atoms with Crippen LogP contribution in [-0.2, 0) is 0 Å². The quantitative estimate of drug-likeness (QED) is 0.368. The van der Waals surface area contributed by atoms with Gasteiger partial charge in [-0.15, -0.1) is 0 Å². The maximum atomic E-state index is 11.2. The van der Waals surface area contributed by atoms with Crippen LogP contribution in [0.3, 0.4) is 0 Å². The molecule has 0 N–H and O–H groups in total. The molecule has 1 aromatic carbocycles. The average Bonchev–Trinajstić information content (AvgIpc) is 2.90. The average molecular weight is 294 g/mol. The molecule has 0 saturated heterocycles. The van der Waals surface area contributed by atoms with Crippen molar-refractivity contribution in [2.75, 3.05) is 0 Å². The van der Waals surface area contributed by atoms with Crippen LogP contribution >= 0.6 is 0 Å². The Bertz CT molecular complexity index is 460. The van der Waals surface area contributed by atoms with Crippen LogP contribution in [-0.4, -0.2) is 25.9 Å². The molecule has 4 atom stereocenters. The van der Waals surface area contributed by atoms with Crippen LogP contribution in [0.25, 0.3) is 0 Å². The van der Waals surface area contributed by atoms with Gasteiger partial charge in [-0.1, -0.05) is 0 Å². The van der Waals surface area contributed by atoms with E-state index in [2.05, 4.69) is 24.3 Å². The molecule has 17 heavy (non-hydrogen) atoms. The number of nitrogens with zero attached hydrogens (tertiary/aromatic N) is 1. The minimum atomic E-state index is -0.342. The van der Waals surface area contributed by atoms with Crippen LogP contribution in [0.5, 0.6) is 0 Å². The zero-order chi connectivity index (χ0) is 11.8. The van der Waals surface area contributed by atoms with Gasteiger partial charge in [0.1, 0.15) is 0 Å². The first-order chi connectivity index (χ1) is 8.25. The minimum absolute atomic E-state index is 0.0521. The second-order valence-corrected chi connectivity index (χ2v) is 7.25. The summed E-state index contributed by atoms with van der Waals surface area (Å²) >= 11 is 0.211. The van der Waals surface area contributed by atoms with Gasteiger partial charge in [-0.3, -0.25) is 0 Å². The van der Waals surface area contributed by atoms with Crippen molar-refractivity contribution in [3.05, 3.63) is 52.6 Å². The maximum absolute atomic E-state index is 11.2. The Morgan fingerprint density at radius 3 is 2.59 bits per heavy atom. The van der Waals surface area contributed by atoms with Crippen LogP contribution < -0.4 is 4.46 Å². The SMILES string of the molecule is O=[N+]([O-])[C@@H]1[C@@H]([Se]c2ccccc2)[C@H]2C=C[C@@H]1C2. The van der Waals surface area contributed by atoms with Gasteiger partial charge in [0.15, 0.2) is 0 Å². The molecule has 1 aromatic rings. The molecule has 2 aliphatic carbocycles. The zero-order valence-electron chi connectivity index (χ0n) is 9.23. The third-order valence-electron chi connectivity index (χ3n) is 3.61. The third kappa shape index (κ3) is 1.92. The molecule has 0 aliphatic heterocycles. The fourth-order valence-electron chi connectivity index (χ4n) is 2.84. The van der Waals surface area contributed by atoms with Gasteiger partial charge < -0.3 is 0 Å². The Labute approximate surface area is 106 Å². The summed E-state index contributed by atoms with van der Waals surface area (Å²) in [6.45, 7) is 0. The van der Waals surface area contributed by atoms with Crippen molar-refractivity contribution in [1.29, 1.82) is 0 Å². The van der Waals surface area contributed by atoms with Gasteiger partial charge in [0, 0.05) is 0 Å². The first kappa shape index (κ1) is 11.0. The second kappa shape index (κ2) is 4.28. The molecule has 0 unspecified atom stereocenters. The second-order valence-electron chi connectivity index (χ2n) is 4.62. The summed E-state index contributed by atoms with van der Waals surface area (Å²) in [5.41, 5.74) is 0. The number of nitro groups is 1. The van der Waals surface area contributed by atoms with Gasteiger partial charge in [-0.2, -0.15) is 0 Å². The first-order valence-electron chi connectivity index (χ1n) is 5.79. The topological polar surface area (TPSA) is 43.1 Å². The number of fused-ring (bicyclic) bond motifs is 2. The van der Waals surface area contributed by atoms with E-state index in [1.807, 2.05) is 18.2 Å². The predicted molar refractivity (Wildman–Crippen MR) is 67.1 cm³/mol. The molecule has 0 spiro atoms. The fraction of sp³-hybridized carbons (Fsp3) is 0.385.